The predicted molar refractivity (Wildman–Crippen MR) is 91.3 cm³/mol. The van der Waals surface area contributed by atoms with Crippen molar-refractivity contribution in [3.63, 3.8) is 0 Å². The van der Waals surface area contributed by atoms with Crippen LogP contribution in [0.3, 0.4) is 0 Å². The quantitative estimate of drug-likeness (QED) is 0.723. The summed E-state index contributed by atoms with van der Waals surface area (Å²) in [5, 5.41) is 3.60. The molecule has 1 saturated carbocycles. The Labute approximate surface area is 141 Å². The number of rotatable bonds is 4. The molecule has 1 fully saturated rings. The van der Waals surface area contributed by atoms with E-state index in [1.54, 1.807) is 6.07 Å². The molecule has 1 N–H and O–H groups in total. The summed E-state index contributed by atoms with van der Waals surface area (Å²) in [5.41, 5.74) is 1.66. The van der Waals surface area contributed by atoms with Crippen LogP contribution in [0.2, 0.25) is 5.02 Å². The molecule has 0 aliphatic heterocycles. The van der Waals surface area contributed by atoms with Crippen molar-refractivity contribution >= 4 is 40.0 Å². The zero-order valence-electron chi connectivity index (χ0n) is 11.5. The number of aromatic nitrogens is 2. The van der Waals surface area contributed by atoms with E-state index in [9.17, 15) is 4.39 Å². The van der Waals surface area contributed by atoms with Crippen LogP contribution in [0.25, 0.3) is 11.4 Å². The van der Waals surface area contributed by atoms with E-state index in [1.807, 2.05) is 6.92 Å². The van der Waals surface area contributed by atoms with Gasteiger partial charge in [0.1, 0.15) is 11.6 Å². The first-order valence-corrected chi connectivity index (χ1v) is 8.32. The van der Waals surface area contributed by atoms with Crippen LogP contribution < -0.4 is 5.32 Å². The number of hydrogen-bond donors (Lipinski definition) is 1. The highest BCUT2D eigenvalue weighted by atomic mass is 127. The number of benzene rings is 1. The summed E-state index contributed by atoms with van der Waals surface area (Å²) in [4.78, 5) is 9.18. The van der Waals surface area contributed by atoms with Gasteiger partial charge >= 0.3 is 0 Å². The maximum Gasteiger partial charge on any atom is 0.162 e. The molecule has 1 heterocycles. The van der Waals surface area contributed by atoms with E-state index in [4.69, 9.17) is 11.6 Å². The fourth-order valence-electron chi connectivity index (χ4n) is 2.19. The van der Waals surface area contributed by atoms with Gasteiger partial charge in [-0.3, -0.25) is 0 Å². The third-order valence-corrected chi connectivity index (χ3v) is 4.59. The Kier molecular flexibility index (Phi) is 4.31. The van der Waals surface area contributed by atoms with Gasteiger partial charge in [0.2, 0.25) is 0 Å². The van der Waals surface area contributed by atoms with E-state index in [1.165, 1.54) is 12.1 Å². The second-order valence-corrected chi connectivity index (χ2v) is 6.57. The average Bonchev–Trinajstić information content (AvgIpc) is 3.24. The molecule has 0 radical (unpaired) electrons. The van der Waals surface area contributed by atoms with Gasteiger partial charge in [-0.15, -0.1) is 0 Å². The molecule has 21 heavy (non-hydrogen) atoms. The SMILES string of the molecule is CCNc1nc(-c2cc(F)cc(Cl)c2)nc(C2CC2)c1I. The first kappa shape index (κ1) is 15.0. The molecular weight excluding hydrogens is 404 g/mol. The fraction of sp³-hybridized carbons (Fsp3) is 0.333. The molecule has 6 heteroatoms. The highest BCUT2D eigenvalue weighted by molar-refractivity contribution is 14.1. The number of hydrogen-bond acceptors (Lipinski definition) is 3. The fourth-order valence-corrected chi connectivity index (χ4v) is 3.28. The van der Waals surface area contributed by atoms with E-state index < -0.39 is 0 Å². The van der Waals surface area contributed by atoms with Crippen molar-refractivity contribution in [1.82, 2.24) is 9.97 Å². The molecule has 1 aliphatic rings. The second-order valence-electron chi connectivity index (χ2n) is 5.06. The summed E-state index contributed by atoms with van der Waals surface area (Å²) in [7, 11) is 0. The van der Waals surface area contributed by atoms with Crippen LogP contribution >= 0.6 is 34.2 Å². The van der Waals surface area contributed by atoms with E-state index >= 15 is 0 Å². The molecule has 1 aliphatic carbocycles. The van der Waals surface area contributed by atoms with Gasteiger partial charge in [0.25, 0.3) is 0 Å². The lowest BCUT2D eigenvalue weighted by Gasteiger charge is -2.12. The van der Waals surface area contributed by atoms with E-state index in [2.05, 4.69) is 37.9 Å². The van der Waals surface area contributed by atoms with Crippen molar-refractivity contribution in [2.24, 2.45) is 0 Å². The molecule has 0 atom stereocenters. The maximum absolute atomic E-state index is 13.6. The Morgan fingerprint density at radius 3 is 2.71 bits per heavy atom. The summed E-state index contributed by atoms with van der Waals surface area (Å²) in [6, 6.07) is 4.39. The van der Waals surface area contributed by atoms with Crippen LogP contribution in [0.15, 0.2) is 18.2 Å². The Balaban J connectivity index is 2.12. The van der Waals surface area contributed by atoms with Gasteiger partial charge in [-0.05, 0) is 60.6 Å². The summed E-state index contributed by atoms with van der Waals surface area (Å²) in [6.45, 7) is 2.80. The van der Waals surface area contributed by atoms with Gasteiger partial charge in [0.15, 0.2) is 5.82 Å². The molecule has 3 nitrogen and oxygen atoms in total. The Morgan fingerprint density at radius 1 is 1.33 bits per heavy atom. The lowest BCUT2D eigenvalue weighted by atomic mass is 10.2. The highest BCUT2D eigenvalue weighted by Gasteiger charge is 2.29. The number of halogens is 3. The molecular formula is C15H14ClFIN3. The van der Waals surface area contributed by atoms with Gasteiger partial charge in [0.05, 0.1) is 9.26 Å². The third kappa shape index (κ3) is 3.29. The average molecular weight is 418 g/mol. The molecule has 2 aromatic rings. The summed E-state index contributed by atoms with van der Waals surface area (Å²) >= 11 is 8.22. The smallest absolute Gasteiger partial charge is 0.162 e. The van der Waals surface area contributed by atoms with E-state index in [0.717, 1.165) is 34.5 Å². The summed E-state index contributed by atoms with van der Waals surface area (Å²) < 4.78 is 14.6. The Bertz CT molecular complexity index is 669. The van der Waals surface area contributed by atoms with E-state index in [0.29, 0.717) is 22.3 Å². The third-order valence-electron chi connectivity index (χ3n) is 3.31. The predicted octanol–water partition coefficient (Wildman–Crippen LogP) is 4.85. The van der Waals surface area contributed by atoms with Crippen LogP contribution in [0, 0.1) is 9.39 Å². The number of nitrogens with zero attached hydrogens (tertiary/aromatic N) is 2. The standard InChI is InChI=1S/C15H14ClFIN3/c1-2-19-15-12(18)13(8-3-4-8)20-14(21-15)9-5-10(16)7-11(17)6-9/h5-8H,2-4H2,1H3,(H,19,20,21). The second kappa shape index (κ2) is 6.04. The molecule has 1 aromatic carbocycles. The first-order chi connectivity index (χ1) is 10.1. The topological polar surface area (TPSA) is 37.8 Å². The molecule has 0 unspecified atom stereocenters. The summed E-state index contributed by atoms with van der Waals surface area (Å²) in [6.07, 6.45) is 2.31. The maximum atomic E-state index is 13.6. The largest absolute Gasteiger partial charge is 0.369 e. The molecule has 0 bridgehead atoms. The molecule has 0 amide bonds. The minimum atomic E-state index is -0.377. The van der Waals surface area contributed by atoms with Crippen LogP contribution in [-0.2, 0) is 0 Å². The van der Waals surface area contributed by atoms with Gasteiger partial charge < -0.3 is 5.32 Å². The first-order valence-electron chi connectivity index (χ1n) is 6.86. The van der Waals surface area contributed by atoms with Crippen molar-refractivity contribution in [1.29, 1.82) is 0 Å². The van der Waals surface area contributed by atoms with Crippen LogP contribution in [-0.4, -0.2) is 16.5 Å². The van der Waals surface area contributed by atoms with Gasteiger partial charge in [-0.1, -0.05) is 11.6 Å². The van der Waals surface area contributed by atoms with E-state index in [-0.39, 0.29) is 5.82 Å². The van der Waals surface area contributed by atoms with Gasteiger partial charge in [0, 0.05) is 23.0 Å². The molecule has 110 valence electrons. The normalized spacial score (nSPS) is 14.3. The van der Waals surface area contributed by atoms with Crippen molar-refractivity contribution in [2.75, 3.05) is 11.9 Å². The van der Waals surface area contributed by atoms with Crippen molar-refractivity contribution in [3.05, 3.63) is 38.3 Å². The monoisotopic (exact) mass is 417 g/mol. The van der Waals surface area contributed by atoms with Crippen LogP contribution in [0.5, 0.6) is 0 Å². The van der Waals surface area contributed by atoms with Crippen molar-refractivity contribution in [2.45, 2.75) is 25.7 Å². The zero-order valence-corrected chi connectivity index (χ0v) is 14.4. The highest BCUT2D eigenvalue weighted by Crippen LogP contribution is 2.43. The molecule has 0 saturated heterocycles. The molecule has 3 rings (SSSR count). The minimum Gasteiger partial charge on any atom is -0.369 e. The Hall–Kier alpha value is -0.950. The lowest BCUT2D eigenvalue weighted by Crippen LogP contribution is -2.07. The minimum absolute atomic E-state index is 0.352. The van der Waals surface area contributed by atoms with Gasteiger partial charge in [-0.25, -0.2) is 14.4 Å². The summed E-state index contributed by atoms with van der Waals surface area (Å²) in [5.74, 6) is 1.46. The molecule has 1 aromatic heterocycles. The number of anilines is 1. The van der Waals surface area contributed by atoms with Crippen LogP contribution in [0.4, 0.5) is 10.2 Å². The Morgan fingerprint density at radius 2 is 2.10 bits per heavy atom. The molecule has 0 spiro atoms. The lowest BCUT2D eigenvalue weighted by molar-refractivity contribution is 0.628. The van der Waals surface area contributed by atoms with Crippen LogP contribution in [0.1, 0.15) is 31.4 Å². The van der Waals surface area contributed by atoms with Crippen molar-refractivity contribution < 1.29 is 4.39 Å². The zero-order chi connectivity index (χ0) is 15.0. The van der Waals surface area contributed by atoms with Gasteiger partial charge in [-0.2, -0.15) is 0 Å². The number of nitrogens with one attached hydrogen (secondary N) is 1. The van der Waals surface area contributed by atoms with Crippen molar-refractivity contribution in [3.8, 4) is 11.4 Å².